The van der Waals surface area contributed by atoms with Crippen LogP contribution >= 0.6 is 0 Å². The van der Waals surface area contributed by atoms with Crippen LogP contribution in [0.5, 0.6) is 17.2 Å². The van der Waals surface area contributed by atoms with Crippen LogP contribution in [-0.2, 0) is 0 Å². The summed E-state index contributed by atoms with van der Waals surface area (Å²) in [6.07, 6.45) is 0. The van der Waals surface area contributed by atoms with E-state index in [0.29, 0.717) is 29.4 Å². The summed E-state index contributed by atoms with van der Waals surface area (Å²) in [5.74, 6) is 1.29. The minimum Gasteiger partial charge on any atom is -0.496 e. The van der Waals surface area contributed by atoms with Crippen LogP contribution in [0.1, 0.15) is 24.2 Å². The number of rotatable bonds is 9. The van der Waals surface area contributed by atoms with Gasteiger partial charge in [0, 0.05) is 25.2 Å². The highest BCUT2D eigenvalue weighted by molar-refractivity contribution is 5.97. The minimum absolute atomic E-state index is 0.190. The van der Waals surface area contributed by atoms with E-state index in [1.54, 1.807) is 19.2 Å². The van der Waals surface area contributed by atoms with Gasteiger partial charge in [0.15, 0.2) is 11.5 Å². The molecule has 0 bridgehead atoms. The van der Waals surface area contributed by atoms with E-state index < -0.39 is 0 Å². The molecule has 22 heavy (non-hydrogen) atoms. The van der Waals surface area contributed by atoms with Crippen molar-refractivity contribution < 1.29 is 19.0 Å². The second-order valence-corrected chi connectivity index (χ2v) is 4.69. The second-order valence-electron chi connectivity index (χ2n) is 4.69. The van der Waals surface area contributed by atoms with E-state index in [2.05, 4.69) is 24.1 Å². The van der Waals surface area contributed by atoms with E-state index in [0.717, 1.165) is 19.6 Å². The first-order chi connectivity index (χ1) is 10.6. The molecule has 6 heteroatoms. The van der Waals surface area contributed by atoms with Crippen molar-refractivity contribution in [2.75, 3.05) is 47.5 Å². The first-order valence-corrected chi connectivity index (χ1v) is 7.41. The van der Waals surface area contributed by atoms with Crippen LogP contribution in [0.25, 0.3) is 0 Å². The Morgan fingerprint density at radius 1 is 1.00 bits per heavy atom. The number of nitrogens with zero attached hydrogens (tertiary/aromatic N) is 1. The molecule has 124 valence electrons. The van der Waals surface area contributed by atoms with Crippen molar-refractivity contribution in [1.29, 1.82) is 0 Å². The van der Waals surface area contributed by atoms with Gasteiger partial charge < -0.3 is 24.4 Å². The molecule has 0 heterocycles. The van der Waals surface area contributed by atoms with Gasteiger partial charge in [0.25, 0.3) is 5.91 Å². The van der Waals surface area contributed by atoms with Gasteiger partial charge in [-0.25, -0.2) is 0 Å². The molecule has 1 rings (SSSR count). The van der Waals surface area contributed by atoms with Gasteiger partial charge in [-0.15, -0.1) is 0 Å². The van der Waals surface area contributed by atoms with Gasteiger partial charge in [-0.3, -0.25) is 4.79 Å². The molecule has 6 nitrogen and oxygen atoms in total. The first-order valence-electron chi connectivity index (χ1n) is 7.41. The Morgan fingerprint density at radius 2 is 1.55 bits per heavy atom. The molecule has 0 aliphatic rings. The Morgan fingerprint density at radius 3 is 2.05 bits per heavy atom. The van der Waals surface area contributed by atoms with E-state index in [4.69, 9.17) is 14.2 Å². The van der Waals surface area contributed by atoms with Crippen LogP contribution in [0.4, 0.5) is 0 Å². The van der Waals surface area contributed by atoms with E-state index in [-0.39, 0.29) is 5.91 Å². The minimum atomic E-state index is -0.190. The SMILES string of the molecule is CCN(CC)CCNC(=O)c1cc(OC)c(OC)cc1OC. The Balaban J connectivity index is 2.83. The number of methoxy groups -OCH3 is 3. The van der Waals surface area contributed by atoms with E-state index in [1.165, 1.54) is 14.2 Å². The number of hydrogen-bond acceptors (Lipinski definition) is 5. The lowest BCUT2D eigenvalue weighted by atomic mass is 10.1. The van der Waals surface area contributed by atoms with Crippen molar-refractivity contribution in [3.63, 3.8) is 0 Å². The van der Waals surface area contributed by atoms with Crippen LogP contribution in [0.2, 0.25) is 0 Å². The van der Waals surface area contributed by atoms with E-state index >= 15 is 0 Å². The first kappa shape index (κ1) is 18.1. The van der Waals surface area contributed by atoms with Crippen molar-refractivity contribution in [2.24, 2.45) is 0 Å². The molecule has 0 aliphatic heterocycles. The number of ether oxygens (including phenoxy) is 3. The Bertz CT molecular complexity index is 487. The fourth-order valence-electron chi connectivity index (χ4n) is 2.17. The summed E-state index contributed by atoms with van der Waals surface area (Å²) in [6.45, 7) is 7.52. The van der Waals surface area contributed by atoms with Gasteiger partial charge in [-0.1, -0.05) is 13.8 Å². The van der Waals surface area contributed by atoms with E-state index in [9.17, 15) is 4.79 Å². The van der Waals surface area contributed by atoms with Crippen LogP contribution in [0, 0.1) is 0 Å². The van der Waals surface area contributed by atoms with Gasteiger partial charge in [0.05, 0.1) is 26.9 Å². The quantitative estimate of drug-likeness (QED) is 0.753. The van der Waals surface area contributed by atoms with Gasteiger partial charge in [0.1, 0.15) is 5.75 Å². The number of likely N-dealkylation sites (N-methyl/N-ethyl adjacent to an activating group) is 1. The molecule has 0 fully saturated rings. The second kappa shape index (κ2) is 9.15. The smallest absolute Gasteiger partial charge is 0.255 e. The molecular weight excluding hydrogens is 284 g/mol. The number of hydrogen-bond donors (Lipinski definition) is 1. The average Bonchev–Trinajstić information content (AvgIpc) is 2.57. The third-order valence-corrected chi connectivity index (χ3v) is 3.56. The molecule has 0 unspecified atom stereocenters. The number of amides is 1. The summed E-state index contributed by atoms with van der Waals surface area (Å²) < 4.78 is 15.7. The standard InChI is InChI=1S/C16H26N2O4/c1-6-18(7-2)9-8-17-16(19)12-10-14(21-4)15(22-5)11-13(12)20-3/h10-11H,6-9H2,1-5H3,(H,17,19). The number of benzene rings is 1. The molecule has 0 radical (unpaired) electrons. The average molecular weight is 310 g/mol. The normalized spacial score (nSPS) is 10.5. The summed E-state index contributed by atoms with van der Waals surface area (Å²) in [7, 11) is 4.60. The van der Waals surface area contributed by atoms with Gasteiger partial charge in [0.2, 0.25) is 0 Å². The van der Waals surface area contributed by atoms with Gasteiger partial charge in [-0.2, -0.15) is 0 Å². The molecule has 0 aromatic heterocycles. The molecule has 0 atom stereocenters. The van der Waals surface area contributed by atoms with Crippen molar-refractivity contribution in [3.8, 4) is 17.2 Å². The lowest BCUT2D eigenvalue weighted by Crippen LogP contribution is -2.34. The lowest BCUT2D eigenvalue weighted by Gasteiger charge is -2.18. The Hall–Kier alpha value is -1.95. The molecule has 1 N–H and O–H groups in total. The van der Waals surface area contributed by atoms with Crippen LogP contribution in [-0.4, -0.2) is 58.3 Å². The third kappa shape index (κ3) is 4.53. The maximum absolute atomic E-state index is 12.3. The molecule has 0 aliphatic carbocycles. The summed E-state index contributed by atoms with van der Waals surface area (Å²) >= 11 is 0. The lowest BCUT2D eigenvalue weighted by molar-refractivity contribution is 0.0945. The van der Waals surface area contributed by atoms with Gasteiger partial charge >= 0.3 is 0 Å². The third-order valence-electron chi connectivity index (χ3n) is 3.56. The zero-order valence-corrected chi connectivity index (χ0v) is 14.1. The summed E-state index contributed by atoms with van der Waals surface area (Å²) in [6, 6.07) is 3.28. The topological polar surface area (TPSA) is 60.0 Å². The summed E-state index contributed by atoms with van der Waals surface area (Å²) in [5, 5.41) is 2.90. The van der Waals surface area contributed by atoms with Crippen LogP contribution in [0.15, 0.2) is 12.1 Å². The molecule has 1 aromatic carbocycles. The molecular formula is C16H26N2O4. The highest BCUT2D eigenvalue weighted by Gasteiger charge is 2.17. The summed E-state index contributed by atoms with van der Waals surface area (Å²) in [4.78, 5) is 14.6. The maximum Gasteiger partial charge on any atom is 0.255 e. The zero-order valence-electron chi connectivity index (χ0n) is 14.1. The molecule has 0 saturated carbocycles. The van der Waals surface area contributed by atoms with Gasteiger partial charge in [-0.05, 0) is 13.1 Å². The maximum atomic E-state index is 12.3. The monoisotopic (exact) mass is 310 g/mol. The predicted molar refractivity (Wildman–Crippen MR) is 86.2 cm³/mol. The molecule has 0 saturated heterocycles. The highest BCUT2D eigenvalue weighted by atomic mass is 16.5. The zero-order chi connectivity index (χ0) is 16.5. The Kier molecular flexibility index (Phi) is 7.52. The molecule has 1 aromatic rings. The van der Waals surface area contributed by atoms with Crippen molar-refractivity contribution in [2.45, 2.75) is 13.8 Å². The van der Waals surface area contributed by atoms with Crippen molar-refractivity contribution >= 4 is 5.91 Å². The number of nitrogens with one attached hydrogen (secondary N) is 1. The predicted octanol–water partition coefficient (Wildman–Crippen LogP) is 1.78. The summed E-state index contributed by atoms with van der Waals surface area (Å²) in [5.41, 5.74) is 0.430. The molecule has 0 spiro atoms. The molecule has 1 amide bonds. The fourth-order valence-corrected chi connectivity index (χ4v) is 2.17. The number of carbonyl (C=O) groups excluding carboxylic acids is 1. The fraction of sp³-hybridized carbons (Fsp3) is 0.562. The van der Waals surface area contributed by atoms with E-state index in [1.807, 2.05) is 0 Å². The van der Waals surface area contributed by atoms with Crippen molar-refractivity contribution in [3.05, 3.63) is 17.7 Å². The highest BCUT2D eigenvalue weighted by Crippen LogP contribution is 2.34. The number of carbonyl (C=O) groups is 1. The van der Waals surface area contributed by atoms with Crippen LogP contribution in [0.3, 0.4) is 0 Å². The van der Waals surface area contributed by atoms with Crippen molar-refractivity contribution in [1.82, 2.24) is 10.2 Å². The Labute approximate surface area is 132 Å². The van der Waals surface area contributed by atoms with Crippen LogP contribution < -0.4 is 19.5 Å². The largest absolute Gasteiger partial charge is 0.496 e.